The fraction of sp³-hybridized carbons (Fsp3) is 0.300. The number of aliphatic hydroxyl groups is 1. The predicted octanol–water partition coefficient (Wildman–Crippen LogP) is 1.79. The first-order chi connectivity index (χ1) is 7.89. The van der Waals surface area contributed by atoms with Crippen LogP contribution in [0.5, 0.6) is 0 Å². The van der Waals surface area contributed by atoms with Crippen molar-refractivity contribution in [3.8, 4) is 0 Å². The molecule has 0 aliphatic rings. The minimum absolute atomic E-state index is 0.169. The van der Waals surface area contributed by atoms with Crippen molar-refractivity contribution in [1.82, 2.24) is 5.32 Å². The van der Waals surface area contributed by atoms with Crippen LogP contribution in [-0.2, 0) is 11.3 Å². The highest BCUT2D eigenvalue weighted by Gasteiger charge is 2.39. The summed E-state index contributed by atoms with van der Waals surface area (Å²) >= 11 is 0. The van der Waals surface area contributed by atoms with Crippen molar-refractivity contribution < 1.29 is 27.8 Å². The number of halogens is 3. The maximum absolute atomic E-state index is 11.9. The summed E-state index contributed by atoms with van der Waals surface area (Å²) in [6.45, 7) is -0.169. The van der Waals surface area contributed by atoms with Crippen molar-refractivity contribution in [2.75, 3.05) is 0 Å². The Bertz CT molecular complexity index is 367. The third-order valence-electron chi connectivity index (χ3n) is 1.78. The van der Waals surface area contributed by atoms with E-state index >= 15 is 0 Å². The number of carbonyl (C=O) groups excluding carboxylic acids is 1. The fourth-order valence-corrected chi connectivity index (χ4v) is 0.958. The van der Waals surface area contributed by atoms with E-state index in [9.17, 15) is 18.0 Å². The lowest BCUT2D eigenvalue weighted by molar-refractivity contribution is -0.210. The first-order valence-corrected chi connectivity index (χ1v) is 4.61. The summed E-state index contributed by atoms with van der Waals surface area (Å²) < 4.78 is 40.0. The first-order valence-electron chi connectivity index (χ1n) is 4.61. The highest BCUT2D eigenvalue weighted by molar-refractivity contribution is 5.67. The Hall–Kier alpha value is -1.76. The Labute approximate surface area is 95.0 Å². The third kappa shape index (κ3) is 4.73. The van der Waals surface area contributed by atoms with Crippen molar-refractivity contribution in [1.29, 1.82) is 0 Å². The Balaban J connectivity index is 2.36. The van der Waals surface area contributed by atoms with Crippen LogP contribution in [0.4, 0.5) is 18.0 Å². The van der Waals surface area contributed by atoms with Gasteiger partial charge in [-0.05, 0) is 5.56 Å². The normalized spacial score (nSPS) is 12.9. The summed E-state index contributed by atoms with van der Waals surface area (Å²) in [6.07, 6.45) is -9.17. The Morgan fingerprint density at radius 3 is 2.47 bits per heavy atom. The Morgan fingerprint density at radius 1 is 1.35 bits per heavy atom. The Morgan fingerprint density at radius 2 is 1.94 bits per heavy atom. The van der Waals surface area contributed by atoms with E-state index in [1.165, 1.54) is 5.32 Å². The number of ether oxygens (including phenoxy) is 1. The van der Waals surface area contributed by atoms with Crippen LogP contribution in [0.2, 0.25) is 0 Å². The number of hydrogen-bond acceptors (Lipinski definition) is 3. The quantitative estimate of drug-likeness (QED) is 0.803. The molecule has 4 nitrogen and oxygen atoms in total. The van der Waals surface area contributed by atoms with E-state index in [2.05, 4.69) is 4.74 Å². The molecular formula is C10H10F3NO3. The largest absolute Gasteiger partial charge is 0.445 e. The van der Waals surface area contributed by atoms with Crippen LogP contribution >= 0.6 is 0 Å². The molecule has 17 heavy (non-hydrogen) atoms. The van der Waals surface area contributed by atoms with Crippen LogP contribution in [0, 0.1) is 0 Å². The van der Waals surface area contributed by atoms with Crippen LogP contribution in [0.15, 0.2) is 30.3 Å². The molecule has 7 heteroatoms. The second kappa shape index (κ2) is 5.53. The van der Waals surface area contributed by atoms with Gasteiger partial charge in [0.1, 0.15) is 6.61 Å². The summed E-state index contributed by atoms with van der Waals surface area (Å²) in [5.41, 5.74) is 0.629. The maximum atomic E-state index is 11.9. The molecule has 1 rings (SSSR count). The lowest BCUT2D eigenvalue weighted by Crippen LogP contribution is -2.45. The smallest absolute Gasteiger partial charge is 0.433 e. The van der Waals surface area contributed by atoms with E-state index in [0.29, 0.717) is 5.56 Å². The molecule has 0 spiro atoms. The minimum atomic E-state index is -4.91. The second-order valence-corrected chi connectivity index (χ2v) is 3.15. The average molecular weight is 249 g/mol. The number of carbonyl (C=O) groups is 1. The van der Waals surface area contributed by atoms with Crippen molar-refractivity contribution in [3.05, 3.63) is 35.9 Å². The monoisotopic (exact) mass is 249 g/mol. The molecule has 94 valence electrons. The highest BCUT2D eigenvalue weighted by Crippen LogP contribution is 2.18. The molecule has 1 amide bonds. The standard InChI is InChI=1S/C10H10F3NO3/c11-10(12,13)8(15)14-9(16)17-6-7-4-2-1-3-5-7/h1-5,8,15H,6H2,(H,14,16)/t8-/m0/s1. The SMILES string of the molecule is O=C(N[C@@H](O)C(F)(F)F)OCc1ccccc1. The van der Waals surface area contributed by atoms with E-state index in [1.807, 2.05) is 0 Å². The molecule has 1 atom stereocenters. The zero-order valence-corrected chi connectivity index (χ0v) is 8.57. The molecule has 0 bridgehead atoms. The van der Waals surface area contributed by atoms with E-state index in [4.69, 9.17) is 5.11 Å². The lowest BCUT2D eigenvalue weighted by Gasteiger charge is -2.15. The molecule has 0 radical (unpaired) electrons. The van der Waals surface area contributed by atoms with E-state index in [1.54, 1.807) is 30.3 Å². The van der Waals surface area contributed by atoms with Gasteiger partial charge in [-0.1, -0.05) is 30.3 Å². The number of nitrogens with one attached hydrogen (secondary N) is 1. The van der Waals surface area contributed by atoms with Gasteiger partial charge in [-0.3, -0.25) is 5.32 Å². The highest BCUT2D eigenvalue weighted by atomic mass is 19.4. The van der Waals surface area contributed by atoms with Gasteiger partial charge in [0, 0.05) is 0 Å². The molecule has 1 aromatic carbocycles. The minimum Gasteiger partial charge on any atom is -0.445 e. The Kier molecular flexibility index (Phi) is 4.33. The molecule has 0 aliphatic carbocycles. The summed E-state index contributed by atoms with van der Waals surface area (Å²) in [4.78, 5) is 10.9. The van der Waals surface area contributed by atoms with Gasteiger partial charge in [0.05, 0.1) is 0 Å². The van der Waals surface area contributed by atoms with Crippen LogP contribution in [-0.4, -0.2) is 23.6 Å². The van der Waals surface area contributed by atoms with Gasteiger partial charge in [-0.25, -0.2) is 4.79 Å². The van der Waals surface area contributed by atoms with Crippen molar-refractivity contribution >= 4 is 6.09 Å². The average Bonchev–Trinajstić information content (AvgIpc) is 2.26. The molecule has 0 saturated heterocycles. The zero-order chi connectivity index (χ0) is 12.9. The summed E-state index contributed by atoms with van der Waals surface area (Å²) in [6, 6.07) is 8.43. The van der Waals surface area contributed by atoms with Gasteiger partial charge >= 0.3 is 12.3 Å². The fourth-order valence-electron chi connectivity index (χ4n) is 0.958. The van der Waals surface area contributed by atoms with Gasteiger partial charge in [-0.2, -0.15) is 13.2 Å². The molecule has 0 unspecified atom stereocenters. The van der Waals surface area contributed by atoms with Crippen LogP contribution in [0.1, 0.15) is 5.56 Å². The van der Waals surface area contributed by atoms with Crippen LogP contribution in [0.3, 0.4) is 0 Å². The van der Waals surface area contributed by atoms with Gasteiger partial charge < -0.3 is 9.84 Å². The number of benzene rings is 1. The van der Waals surface area contributed by atoms with E-state index < -0.39 is 18.5 Å². The number of alkyl carbamates (subject to hydrolysis) is 1. The molecular weight excluding hydrogens is 239 g/mol. The third-order valence-corrected chi connectivity index (χ3v) is 1.78. The topological polar surface area (TPSA) is 58.6 Å². The van der Waals surface area contributed by atoms with E-state index in [0.717, 1.165) is 0 Å². The number of aliphatic hydroxyl groups excluding tert-OH is 1. The molecule has 0 saturated carbocycles. The number of amides is 1. The first kappa shape index (κ1) is 13.3. The van der Waals surface area contributed by atoms with Crippen molar-refractivity contribution in [3.63, 3.8) is 0 Å². The van der Waals surface area contributed by atoms with Gasteiger partial charge in [-0.15, -0.1) is 0 Å². The van der Waals surface area contributed by atoms with Crippen molar-refractivity contribution in [2.24, 2.45) is 0 Å². The molecule has 0 heterocycles. The second-order valence-electron chi connectivity index (χ2n) is 3.15. The number of rotatable bonds is 3. The summed E-state index contributed by atoms with van der Waals surface area (Å²) in [5, 5.41) is 9.78. The summed E-state index contributed by atoms with van der Waals surface area (Å²) in [7, 11) is 0. The molecule has 1 aromatic rings. The van der Waals surface area contributed by atoms with Crippen LogP contribution < -0.4 is 5.32 Å². The molecule has 2 N–H and O–H groups in total. The molecule has 0 aromatic heterocycles. The number of alkyl halides is 3. The van der Waals surface area contributed by atoms with E-state index in [-0.39, 0.29) is 6.61 Å². The van der Waals surface area contributed by atoms with Gasteiger partial charge in [0.2, 0.25) is 6.23 Å². The van der Waals surface area contributed by atoms with Gasteiger partial charge in [0.25, 0.3) is 0 Å². The zero-order valence-electron chi connectivity index (χ0n) is 8.57. The van der Waals surface area contributed by atoms with Crippen molar-refractivity contribution in [2.45, 2.75) is 19.0 Å². The predicted molar refractivity (Wildman–Crippen MR) is 51.8 cm³/mol. The van der Waals surface area contributed by atoms with Gasteiger partial charge in [0.15, 0.2) is 0 Å². The maximum Gasteiger partial charge on any atom is 0.433 e. The lowest BCUT2D eigenvalue weighted by atomic mass is 10.2. The molecule has 0 fully saturated rings. The molecule has 0 aliphatic heterocycles. The summed E-state index contributed by atoms with van der Waals surface area (Å²) in [5.74, 6) is 0. The number of hydrogen-bond donors (Lipinski definition) is 2. The van der Waals surface area contributed by atoms with Crippen LogP contribution in [0.25, 0.3) is 0 Å².